The van der Waals surface area contributed by atoms with E-state index in [2.05, 4.69) is 4.90 Å². The van der Waals surface area contributed by atoms with Crippen LogP contribution in [-0.4, -0.2) is 58.7 Å². The summed E-state index contributed by atoms with van der Waals surface area (Å²) in [5.74, 6) is 0.0382. The molecular weight excluding hydrogens is 408 g/mol. The van der Waals surface area contributed by atoms with Crippen LogP contribution in [0.3, 0.4) is 0 Å². The van der Waals surface area contributed by atoms with Crippen LogP contribution in [-0.2, 0) is 0 Å². The molecule has 0 aliphatic carbocycles. The topological polar surface area (TPSA) is 91.8 Å². The summed E-state index contributed by atoms with van der Waals surface area (Å²) < 4.78 is 2.05. The van der Waals surface area contributed by atoms with E-state index in [4.69, 9.17) is 5.11 Å². The maximum absolute atomic E-state index is 12.7. The van der Waals surface area contributed by atoms with Gasteiger partial charge in [-0.25, -0.2) is 0 Å². The molecule has 0 bridgehead atoms. The second kappa shape index (κ2) is 10.1. The van der Waals surface area contributed by atoms with E-state index >= 15 is 0 Å². The Hall–Kier alpha value is -3.65. The minimum atomic E-state index is -0.363. The number of aromatic nitrogens is 1. The molecule has 0 saturated carbocycles. The molecule has 1 amide bonds. The van der Waals surface area contributed by atoms with E-state index in [9.17, 15) is 14.9 Å². The van der Waals surface area contributed by atoms with Gasteiger partial charge in [-0.15, -0.1) is 0 Å². The van der Waals surface area contributed by atoms with Gasteiger partial charge in [0.05, 0.1) is 16.3 Å². The van der Waals surface area contributed by atoms with E-state index in [1.807, 2.05) is 71.8 Å². The number of nitro groups is 1. The van der Waals surface area contributed by atoms with Crippen LogP contribution in [0.25, 0.3) is 5.69 Å². The van der Waals surface area contributed by atoms with Gasteiger partial charge >= 0.3 is 0 Å². The summed E-state index contributed by atoms with van der Waals surface area (Å²) in [5.41, 5.74) is 4.54. The lowest BCUT2D eigenvalue weighted by Gasteiger charge is -2.37. The largest absolute Gasteiger partial charge is 0.400 e. The summed E-state index contributed by atoms with van der Waals surface area (Å²) in [5, 5.41) is 18.4. The molecule has 1 aliphatic heterocycles. The minimum Gasteiger partial charge on any atom is -0.400 e. The molecule has 32 heavy (non-hydrogen) atoms. The van der Waals surface area contributed by atoms with Crippen molar-refractivity contribution in [2.75, 3.05) is 38.2 Å². The standard InChI is InChI=1S/C23H24N4O3.CH4O/c1-17-8-9-18(2)26(17)22-16-20(27(29)30)10-11-21(22)24-12-14-25(15-13-24)23(28)19-6-4-3-5-7-19;1-2/h3-11,16H,12-15H2,1-2H3;2H,1H3. The van der Waals surface area contributed by atoms with Crippen molar-refractivity contribution >= 4 is 17.3 Å². The first-order valence-electron chi connectivity index (χ1n) is 10.4. The number of rotatable bonds is 4. The quantitative estimate of drug-likeness (QED) is 0.499. The van der Waals surface area contributed by atoms with Crippen LogP contribution < -0.4 is 4.90 Å². The van der Waals surface area contributed by atoms with E-state index in [1.54, 1.807) is 12.1 Å². The first-order valence-corrected chi connectivity index (χ1v) is 10.4. The average Bonchev–Trinajstić information content (AvgIpc) is 3.17. The first-order chi connectivity index (χ1) is 15.5. The third-order valence-electron chi connectivity index (χ3n) is 5.61. The van der Waals surface area contributed by atoms with E-state index in [0.717, 1.165) is 29.9 Å². The minimum absolute atomic E-state index is 0.0382. The van der Waals surface area contributed by atoms with Crippen molar-refractivity contribution in [3.05, 3.63) is 87.7 Å². The lowest BCUT2D eigenvalue weighted by atomic mass is 10.1. The predicted octanol–water partition coefficient (Wildman–Crippen LogP) is 3.57. The highest BCUT2D eigenvalue weighted by atomic mass is 16.6. The van der Waals surface area contributed by atoms with Gasteiger partial charge < -0.3 is 19.5 Å². The highest BCUT2D eigenvalue weighted by Gasteiger charge is 2.25. The van der Waals surface area contributed by atoms with Gasteiger partial charge in [-0.3, -0.25) is 14.9 Å². The molecule has 1 saturated heterocycles. The molecule has 1 N–H and O–H groups in total. The number of piperazine rings is 1. The van der Waals surface area contributed by atoms with Crippen LogP contribution in [0.2, 0.25) is 0 Å². The number of aliphatic hydroxyl groups is 1. The highest BCUT2D eigenvalue weighted by Crippen LogP contribution is 2.32. The van der Waals surface area contributed by atoms with Gasteiger partial charge in [0, 0.05) is 62.4 Å². The summed E-state index contributed by atoms with van der Waals surface area (Å²) in [6.45, 7) is 6.53. The zero-order valence-corrected chi connectivity index (χ0v) is 18.6. The van der Waals surface area contributed by atoms with E-state index < -0.39 is 0 Å². The van der Waals surface area contributed by atoms with Crippen molar-refractivity contribution in [1.82, 2.24) is 9.47 Å². The van der Waals surface area contributed by atoms with Crippen LogP contribution in [0.4, 0.5) is 11.4 Å². The van der Waals surface area contributed by atoms with Crippen LogP contribution in [0.1, 0.15) is 21.7 Å². The second-order valence-electron chi connectivity index (χ2n) is 7.53. The zero-order chi connectivity index (χ0) is 23.3. The number of nitro benzene ring substituents is 1. The van der Waals surface area contributed by atoms with Gasteiger partial charge in [0.25, 0.3) is 11.6 Å². The molecule has 0 spiro atoms. The number of amides is 1. The monoisotopic (exact) mass is 436 g/mol. The van der Waals surface area contributed by atoms with Crippen LogP contribution in [0.15, 0.2) is 60.7 Å². The molecule has 1 aromatic heterocycles. The molecule has 168 valence electrons. The predicted molar refractivity (Wildman–Crippen MR) is 125 cm³/mol. The number of hydrogen-bond donors (Lipinski definition) is 1. The SMILES string of the molecule is CO.Cc1ccc(C)n1-c1cc([N+](=O)[O-])ccc1N1CCN(C(=O)c2ccccc2)CC1. The number of nitrogens with zero attached hydrogens (tertiary/aromatic N) is 4. The summed E-state index contributed by atoms with van der Waals surface area (Å²) in [6.07, 6.45) is 0. The third-order valence-corrected chi connectivity index (χ3v) is 5.61. The van der Waals surface area contributed by atoms with Gasteiger partial charge in [-0.2, -0.15) is 0 Å². The van der Waals surface area contributed by atoms with Gasteiger partial charge in [-0.05, 0) is 44.2 Å². The van der Waals surface area contributed by atoms with Crippen molar-refractivity contribution in [3.63, 3.8) is 0 Å². The van der Waals surface area contributed by atoms with Gasteiger partial charge in [0.15, 0.2) is 0 Å². The van der Waals surface area contributed by atoms with E-state index in [1.165, 1.54) is 0 Å². The highest BCUT2D eigenvalue weighted by molar-refractivity contribution is 5.94. The zero-order valence-electron chi connectivity index (χ0n) is 18.6. The van der Waals surface area contributed by atoms with Crippen molar-refractivity contribution in [2.24, 2.45) is 0 Å². The molecular formula is C24H28N4O4. The fourth-order valence-corrected chi connectivity index (χ4v) is 4.03. The van der Waals surface area contributed by atoms with Gasteiger partial charge in [-0.1, -0.05) is 18.2 Å². The molecule has 1 aliphatic rings. The molecule has 8 nitrogen and oxygen atoms in total. The average molecular weight is 437 g/mol. The Kier molecular flexibility index (Phi) is 7.27. The van der Waals surface area contributed by atoms with E-state index in [0.29, 0.717) is 31.7 Å². The molecule has 2 aromatic carbocycles. The van der Waals surface area contributed by atoms with E-state index in [-0.39, 0.29) is 16.5 Å². The Morgan fingerprint density at radius 1 is 0.875 bits per heavy atom. The first kappa shape index (κ1) is 23.0. The number of anilines is 1. The molecule has 3 aromatic rings. The van der Waals surface area contributed by atoms with Crippen molar-refractivity contribution < 1.29 is 14.8 Å². The normalized spacial score (nSPS) is 13.4. The molecule has 4 rings (SSSR count). The van der Waals surface area contributed by atoms with Gasteiger partial charge in [0.2, 0.25) is 0 Å². The Balaban J connectivity index is 0.00000141. The summed E-state index contributed by atoms with van der Waals surface area (Å²) in [7, 11) is 1.00. The number of aryl methyl sites for hydroxylation is 2. The van der Waals surface area contributed by atoms with Crippen LogP contribution in [0, 0.1) is 24.0 Å². The molecule has 0 atom stereocenters. The molecule has 8 heteroatoms. The third kappa shape index (κ3) is 4.65. The Morgan fingerprint density at radius 3 is 2.03 bits per heavy atom. The van der Waals surface area contributed by atoms with Crippen LogP contribution >= 0.6 is 0 Å². The fourth-order valence-electron chi connectivity index (χ4n) is 4.03. The molecule has 0 unspecified atom stereocenters. The number of carbonyl (C=O) groups excluding carboxylic acids is 1. The number of non-ortho nitro benzene ring substituents is 1. The van der Waals surface area contributed by atoms with Crippen molar-refractivity contribution in [1.29, 1.82) is 0 Å². The Labute approximate surface area is 187 Å². The number of hydrogen-bond acceptors (Lipinski definition) is 5. The smallest absolute Gasteiger partial charge is 0.271 e. The Morgan fingerprint density at radius 2 is 1.47 bits per heavy atom. The number of aliphatic hydroxyl groups excluding tert-OH is 1. The lowest BCUT2D eigenvalue weighted by Crippen LogP contribution is -2.49. The summed E-state index contributed by atoms with van der Waals surface area (Å²) in [4.78, 5) is 27.8. The molecule has 1 fully saturated rings. The summed E-state index contributed by atoms with van der Waals surface area (Å²) in [6, 6.07) is 18.3. The second-order valence-corrected chi connectivity index (χ2v) is 7.53. The van der Waals surface area contributed by atoms with Crippen LogP contribution in [0.5, 0.6) is 0 Å². The van der Waals surface area contributed by atoms with Gasteiger partial charge in [0.1, 0.15) is 0 Å². The van der Waals surface area contributed by atoms with Crippen molar-refractivity contribution in [3.8, 4) is 5.69 Å². The number of carbonyl (C=O) groups is 1. The summed E-state index contributed by atoms with van der Waals surface area (Å²) >= 11 is 0. The maximum Gasteiger partial charge on any atom is 0.271 e. The number of benzene rings is 2. The molecule has 0 radical (unpaired) electrons. The van der Waals surface area contributed by atoms with Crippen molar-refractivity contribution in [2.45, 2.75) is 13.8 Å². The maximum atomic E-state index is 12.7. The fraction of sp³-hybridized carbons (Fsp3) is 0.292. The lowest BCUT2D eigenvalue weighted by molar-refractivity contribution is -0.384. The Bertz CT molecular complexity index is 1070. The molecule has 2 heterocycles.